The van der Waals surface area contributed by atoms with E-state index >= 15 is 0 Å². The highest BCUT2D eigenvalue weighted by atomic mass is 16.5. The van der Waals surface area contributed by atoms with E-state index in [-0.39, 0.29) is 0 Å². The number of nitrogens with zero attached hydrogens (tertiary/aromatic N) is 2. The minimum Gasteiger partial charge on any atom is -0.408 e. The number of hydrogen-bond acceptors (Lipinski definition) is 6. The summed E-state index contributed by atoms with van der Waals surface area (Å²) in [6.45, 7) is 1.67. The highest BCUT2D eigenvalue weighted by Gasteiger charge is 2.13. The number of hydrogen-bond donors (Lipinski definition) is 2. The van der Waals surface area contributed by atoms with Gasteiger partial charge < -0.3 is 19.8 Å². The molecule has 0 saturated carbocycles. The quantitative estimate of drug-likeness (QED) is 0.764. The minimum atomic E-state index is -0.517. The van der Waals surface area contributed by atoms with Gasteiger partial charge in [0.1, 0.15) is 0 Å². The summed E-state index contributed by atoms with van der Waals surface area (Å²) in [4.78, 5) is 15.7. The number of nitrogens with one attached hydrogen (secondary N) is 1. The first-order valence-corrected chi connectivity index (χ1v) is 6.19. The van der Waals surface area contributed by atoms with Crippen molar-refractivity contribution in [1.29, 1.82) is 5.26 Å². The minimum absolute atomic E-state index is 0.378. The van der Waals surface area contributed by atoms with Crippen molar-refractivity contribution in [2.24, 2.45) is 0 Å². The van der Waals surface area contributed by atoms with E-state index in [1.807, 2.05) is 4.90 Å². The Morgan fingerprint density at radius 3 is 3.00 bits per heavy atom. The molecule has 0 unspecified atom stereocenters. The summed E-state index contributed by atoms with van der Waals surface area (Å²) in [7, 11) is 1.61. The van der Waals surface area contributed by atoms with Gasteiger partial charge in [-0.1, -0.05) is 0 Å². The topological polar surface area (TPSA) is 108 Å². The van der Waals surface area contributed by atoms with Crippen LogP contribution in [0.5, 0.6) is 0 Å². The van der Waals surface area contributed by atoms with E-state index in [2.05, 4.69) is 11.1 Å². The van der Waals surface area contributed by atoms with E-state index in [1.54, 1.807) is 19.2 Å². The Kier molecular flexibility index (Phi) is 4.27. The predicted octanol–water partition coefficient (Wildman–Crippen LogP) is 1.07. The number of aromatic nitrogens is 1. The van der Waals surface area contributed by atoms with Gasteiger partial charge in [-0.15, -0.1) is 0 Å². The summed E-state index contributed by atoms with van der Waals surface area (Å²) >= 11 is 0. The van der Waals surface area contributed by atoms with E-state index in [0.29, 0.717) is 42.9 Å². The van der Waals surface area contributed by atoms with E-state index in [4.69, 9.17) is 20.1 Å². The number of anilines is 2. The first-order valence-electron chi connectivity index (χ1n) is 6.19. The van der Waals surface area contributed by atoms with Crippen LogP contribution in [0, 0.1) is 11.3 Å². The lowest BCUT2D eigenvalue weighted by Crippen LogP contribution is -2.28. The molecule has 1 aromatic heterocycles. The number of fused-ring (bicyclic) bond motifs is 1. The molecular weight excluding hydrogens is 260 g/mol. The van der Waals surface area contributed by atoms with Crippen LogP contribution in [0.15, 0.2) is 21.3 Å². The van der Waals surface area contributed by atoms with Crippen molar-refractivity contribution in [3.63, 3.8) is 0 Å². The molecule has 0 radical (unpaired) electrons. The van der Waals surface area contributed by atoms with Crippen LogP contribution in [0.3, 0.4) is 0 Å². The largest absolute Gasteiger partial charge is 0.417 e. The maximum atomic E-state index is 11.2. The molecule has 7 nitrogen and oxygen atoms in total. The van der Waals surface area contributed by atoms with Gasteiger partial charge in [0.15, 0.2) is 5.58 Å². The summed E-state index contributed by atoms with van der Waals surface area (Å²) in [6.07, 6.45) is 0.378. The van der Waals surface area contributed by atoms with Crippen LogP contribution >= 0.6 is 0 Å². The number of oxazole rings is 1. The monoisotopic (exact) mass is 276 g/mol. The zero-order valence-electron chi connectivity index (χ0n) is 11.2. The van der Waals surface area contributed by atoms with E-state index in [1.165, 1.54) is 0 Å². The van der Waals surface area contributed by atoms with Crippen LogP contribution in [0.4, 0.5) is 11.4 Å². The zero-order valence-corrected chi connectivity index (χ0v) is 11.2. The van der Waals surface area contributed by atoms with Gasteiger partial charge in [0.05, 0.1) is 36.0 Å². The molecule has 2 rings (SSSR count). The lowest BCUT2D eigenvalue weighted by atomic mass is 10.2. The molecule has 1 heterocycles. The van der Waals surface area contributed by atoms with E-state index in [9.17, 15) is 4.79 Å². The van der Waals surface area contributed by atoms with Crippen molar-refractivity contribution < 1.29 is 9.15 Å². The van der Waals surface area contributed by atoms with Crippen molar-refractivity contribution in [2.45, 2.75) is 6.42 Å². The molecule has 0 atom stereocenters. The third-order valence-electron chi connectivity index (χ3n) is 2.97. The highest BCUT2D eigenvalue weighted by Crippen LogP contribution is 2.28. The summed E-state index contributed by atoms with van der Waals surface area (Å²) in [5, 5.41) is 8.73. The van der Waals surface area contributed by atoms with Crippen LogP contribution in [0.1, 0.15) is 6.42 Å². The lowest BCUT2D eigenvalue weighted by Gasteiger charge is -2.24. The SMILES string of the molecule is COCCN(CCC#N)c1cc2[nH]c(=O)oc2cc1N. The molecule has 0 amide bonds. The summed E-state index contributed by atoms with van der Waals surface area (Å²) in [6, 6.07) is 5.46. The van der Waals surface area contributed by atoms with Gasteiger partial charge >= 0.3 is 5.76 Å². The van der Waals surface area contributed by atoms with Crippen molar-refractivity contribution in [3.05, 3.63) is 22.7 Å². The Morgan fingerprint density at radius 2 is 2.30 bits per heavy atom. The number of nitrogen functional groups attached to an aromatic ring is 1. The molecular formula is C13H16N4O3. The highest BCUT2D eigenvalue weighted by molar-refractivity contribution is 5.85. The average molecular weight is 276 g/mol. The number of H-pyrrole nitrogens is 1. The number of nitriles is 1. The maximum absolute atomic E-state index is 11.2. The van der Waals surface area contributed by atoms with Crippen molar-refractivity contribution >= 4 is 22.5 Å². The molecule has 0 spiro atoms. The average Bonchev–Trinajstić information content (AvgIpc) is 2.77. The van der Waals surface area contributed by atoms with Crippen molar-refractivity contribution in [3.8, 4) is 6.07 Å². The van der Waals surface area contributed by atoms with Gasteiger partial charge in [-0.05, 0) is 6.07 Å². The second kappa shape index (κ2) is 6.12. The smallest absolute Gasteiger partial charge is 0.408 e. The number of aromatic amines is 1. The predicted molar refractivity (Wildman–Crippen MR) is 75.6 cm³/mol. The van der Waals surface area contributed by atoms with Crippen LogP contribution < -0.4 is 16.4 Å². The third-order valence-corrected chi connectivity index (χ3v) is 2.97. The second-order valence-corrected chi connectivity index (χ2v) is 4.31. The van der Waals surface area contributed by atoms with Crippen molar-refractivity contribution in [2.75, 3.05) is 37.4 Å². The fourth-order valence-corrected chi connectivity index (χ4v) is 2.01. The second-order valence-electron chi connectivity index (χ2n) is 4.31. The molecule has 0 saturated heterocycles. The van der Waals surface area contributed by atoms with Crippen LogP contribution in [0.25, 0.3) is 11.1 Å². The third kappa shape index (κ3) is 2.92. The molecule has 0 aliphatic heterocycles. The van der Waals surface area contributed by atoms with E-state index < -0.39 is 5.76 Å². The summed E-state index contributed by atoms with van der Waals surface area (Å²) in [5.41, 5.74) is 8.25. The Balaban J connectivity index is 2.37. The maximum Gasteiger partial charge on any atom is 0.417 e. The van der Waals surface area contributed by atoms with E-state index in [0.717, 1.165) is 5.69 Å². The zero-order chi connectivity index (χ0) is 14.5. The number of benzene rings is 1. The summed E-state index contributed by atoms with van der Waals surface area (Å²) < 4.78 is 10.0. The number of rotatable bonds is 6. The number of nitrogens with two attached hydrogens (primary N) is 1. The molecule has 0 aliphatic carbocycles. The Bertz CT molecular complexity index is 683. The van der Waals surface area contributed by atoms with Gasteiger partial charge in [-0.25, -0.2) is 4.79 Å². The molecule has 0 bridgehead atoms. The Morgan fingerprint density at radius 1 is 1.50 bits per heavy atom. The fraction of sp³-hybridized carbons (Fsp3) is 0.385. The normalized spacial score (nSPS) is 10.6. The molecule has 2 aromatic rings. The van der Waals surface area contributed by atoms with Gasteiger partial charge in [0.2, 0.25) is 0 Å². The Labute approximate surface area is 115 Å². The van der Waals surface area contributed by atoms with Crippen molar-refractivity contribution in [1.82, 2.24) is 4.98 Å². The number of methoxy groups -OCH3 is 1. The molecule has 0 aliphatic rings. The Hall–Kier alpha value is -2.46. The molecule has 3 N–H and O–H groups in total. The van der Waals surface area contributed by atoms with Gasteiger partial charge in [0.25, 0.3) is 0 Å². The molecule has 20 heavy (non-hydrogen) atoms. The van der Waals surface area contributed by atoms with Gasteiger partial charge in [0, 0.05) is 26.3 Å². The van der Waals surface area contributed by atoms with Gasteiger partial charge in [-0.2, -0.15) is 5.26 Å². The summed E-state index contributed by atoms with van der Waals surface area (Å²) in [5.74, 6) is -0.517. The van der Waals surface area contributed by atoms with Crippen LogP contribution in [-0.4, -0.2) is 31.8 Å². The molecule has 1 aromatic carbocycles. The van der Waals surface area contributed by atoms with Crippen LogP contribution in [0.2, 0.25) is 0 Å². The fourth-order valence-electron chi connectivity index (χ4n) is 2.01. The number of ether oxygens (including phenoxy) is 1. The molecule has 106 valence electrons. The molecule has 7 heteroatoms. The molecule has 0 fully saturated rings. The lowest BCUT2D eigenvalue weighted by molar-refractivity contribution is 0.205. The first kappa shape index (κ1) is 14.0. The van der Waals surface area contributed by atoms with Gasteiger partial charge in [-0.3, -0.25) is 4.98 Å². The first-order chi connectivity index (χ1) is 9.65. The standard InChI is InChI=1S/C13H16N4O3/c1-19-6-5-17(4-2-3-14)11-8-10-12(7-9(11)15)20-13(18)16-10/h7-8H,2,4-6,15H2,1H3,(H,16,18). The van der Waals surface area contributed by atoms with Crippen LogP contribution in [-0.2, 0) is 4.74 Å².